The monoisotopic (exact) mass is 184 g/mol. The Morgan fingerprint density at radius 3 is 3.00 bits per heavy atom. The molecule has 1 heterocycles. The Hall–Kier alpha value is -0.830. The molecule has 0 bridgehead atoms. The van der Waals surface area contributed by atoms with Gasteiger partial charge in [0.15, 0.2) is 11.4 Å². The Bertz CT molecular complexity index is 304. The molecule has 1 aromatic heterocycles. The molecule has 0 aromatic carbocycles. The average molecular weight is 185 g/mol. The molecule has 3 nitrogen and oxygen atoms in total. The lowest BCUT2D eigenvalue weighted by atomic mass is 10.4. The smallest absolute Gasteiger partial charge is 0.161 e. The number of halogens is 1. The molecule has 0 saturated heterocycles. The second-order valence-corrected chi connectivity index (χ2v) is 3.52. The quantitative estimate of drug-likeness (QED) is 0.671. The highest BCUT2D eigenvalue weighted by molar-refractivity contribution is 6.31. The average Bonchev–Trinajstić information content (AvgIpc) is 2.76. The number of hydrogen-bond acceptors (Lipinski definition) is 2. The van der Waals surface area contributed by atoms with Crippen molar-refractivity contribution in [3.05, 3.63) is 16.9 Å². The molecular weight excluding hydrogens is 176 g/mol. The van der Waals surface area contributed by atoms with Gasteiger partial charge in [-0.2, -0.15) is 5.10 Å². The zero-order valence-corrected chi connectivity index (χ0v) is 7.29. The lowest BCUT2D eigenvalue weighted by Crippen LogP contribution is -1.99. The molecule has 0 aliphatic heterocycles. The van der Waals surface area contributed by atoms with E-state index >= 15 is 0 Å². The van der Waals surface area contributed by atoms with Crippen molar-refractivity contribution in [1.82, 2.24) is 9.78 Å². The van der Waals surface area contributed by atoms with Crippen LogP contribution >= 0.6 is 11.6 Å². The minimum atomic E-state index is 0.311. The number of carbonyl (C=O) groups excluding carboxylic acids is 1. The Balaban J connectivity index is 2.15. The molecule has 0 unspecified atom stereocenters. The zero-order chi connectivity index (χ0) is 8.55. The molecule has 1 fully saturated rings. The third-order valence-corrected chi connectivity index (χ3v) is 2.31. The van der Waals surface area contributed by atoms with Crippen LogP contribution in [-0.4, -0.2) is 16.1 Å². The van der Waals surface area contributed by atoms with Gasteiger partial charge in [0.1, 0.15) is 0 Å². The molecule has 1 aliphatic rings. The first kappa shape index (κ1) is 7.80. The van der Waals surface area contributed by atoms with Crippen LogP contribution in [0.5, 0.6) is 0 Å². The number of hydrogen-bond donors (Lipinski definition) is 0. The molecule has 0 amide bonds. The van der Waals surface area contributed by atoms with Gasteiger partial charge in [0.25, 0.3) is 0 Å². The fourth-order valence-electron chi connectivity index (χ4n) is 1.15. The summed E-state index contributed by atoms with van der Waals surface area (Å²) in [5, 5.41) is 4.32. The van der Waals surface area contributed by atoms with Gasteiger partial charge in [-0.15, -0.1) is 0 Å². The van der Waals surface area contributed by atoms with Gasteiger partial charge in [0.2, 0.25) is 0 Å². The predicted octanol–water partition coefficient (Wildman–Crippen LogP) is 1.76. The van der Waals surface area contributed by atoms with Crippen LogP contribution in [0.3, 0.4) is 0 Å². The Morgan fingerprint density at radius 1 is 1.75 bits per heavy atom. The van der Waals surface area contributed by atoms with Gasteiger partial charge in [-0.05, 0) is 18.8 Å². The normalized spacial score (nSPS) is 16.4. The summed E-state index contributed by atoms with van der Waals surface area (Å²) in [7, 11) is 0. The van der Waals surface area contributed by atoms with Gasteiger partial charge >= 0.3 is 0 Å². The third kappa shape index (κ3) is 1.50. The van der Waals surface area contributed by atoms with E-state index in [4.69, 9.17) is 11.6 Å². The number of rotatable bonds is 3. The van der Waals surface area contributed by atoms with Crippen molar-refractivity contribution in [2.45, 2.75) is 19.4 Å². The Labute approximate surface area is 75.3 Å². The summed E-state index contributed by atoms with van der Waals surface area (Å²) in [5.41, 5.74) is 0.484. The van der Waals surface area contributed by atoms with Gasteiger partial charge < -0.3 is 0 Å². The first-order valence-electron chi connectivity index (χ1n) is 3.97. The lowest BCUT2D eigenvalue weighted by Gasteiger charge is -1.95. The lowest BCUT2D eigenvalue weighted by molar-refractivity contribution is 0.112. The van der Waals surface area contributed by atoms with Crippen LogP contribution in [0.1, 0.15) is 23.2 Å². The van der Waals surface area contributed by atoms with E-state index in [2.05, 4.69) is 5.10 Å². The van der Waals surface area contributed by atoms with Gasteiger partial charge in [-0.25, -0.2) is 0 Å². The van der Waals surface area contributed by atoms with E-state index in [1.807, 2.05) is 0 Å². The molecule has 4 heteroatoms. The summed E-state index contributed by atoms with van der Waals surface area (Å²) in [5.74, 6) is 0.750. The van der Waals surface area contributed by atoms with E-state index < -0.39 is 0 Å². The molecule has 12 heavy (non-hydrogen) atoms. The SMILES string of the molecule is O=Cc1cn(CC2CC2)nc1Cl. The fraction of sp³-hybridized carbons (Fsp3) is 0.500. The van der Waals surface area contributed by atoms with Crippen molar-refractivity contribution in [1.29, 1.82) is 0 Å². The second kappa shape index (κ2) is 2.90. The molecule has 1 saturated carbocycles. The van der Waals surface area contributed by atoms with Crippen LogP contribution in [-0.2, 0) is 6.54 Å². The van der Waals surface area contributed by atoms with E-state index in [9.17, 15) is 4.79 Å². The van der Waals surface area contributed by atoms with Crippen molar-refractivity contribution < 1.29 is 4.79 Å². The van der Waals surface area contributed by atoms with Gasteiger partial charge in [0, 0.05) is 12.7 Å². The molecule has 0 spiro atoms. The first-order chi connectivity index (χ1) is 5.79. The van der Waals surface area contributed by atoms with E-state index in [0.717, 1.165) is 18.7 Å². The molecule has 2 rings (SSSR count). The van der Waals surface area contributed by atoms with Gasteiger partial charge in [-0.3, -0.25) is 9.48 Å². The summed E-state index contributed by atoms with van der Waals surface area (Å²) in [6.45, 7) is 0.896. The Morgan fingerprint density at radius 2 is 2.50 bits per heavy atom. The van der Waals surface area contributed by atoms with Crippen molar-refractivity contribution in [2.75, 3.05) is 0 Å². The third-order valence-electron chi connectivity index (χ3n) is 2.01. The molecule has 64 valence electrons. The van der Waals surface area contributed by atoms with Crippen molar-refractivity contribution in [3.8, 4) is 0 Å². The first-order valence-corrected chi connectivity index (χ1v) is 4.35. The summed E-state index contributed by atoms with van der Waals surface area (Å²) in [4.78, 5) is 10.4. The number of aromatic nitrogens is 2. The maximum Gasteiger partial charge on any atom is 0.161 e. The molecule has 0 atom stereocenters. The summed E-state index contributed by atoms with van der Waals surface area (Å²) < 4.78 is 1.75. The van der Waals surface area contributed by atoms with Crippen LogP contribution in [0.2, 0.25) is 5.15 Å². The van der Waals surface area contributed by atoms with Crippen LogP contribution in [0.4, 0.5) is 0 Å². The van der Waals surface area contributed by atoms with E-state index in [1.54, 1.807) is 10.9 Å². The maximum atomic E-state index is 10.4. The topological polar surface area (TPSA) is 34.9 Å². The predicted molar refractivity (Wildman–Crippen MR) is 45.3 cm³/mol. The van der Waals surface area contributed by atoms with Gasteiger partial charge in [-0.1, -0.05) is 11.6 Å². The molecule has 1 aromatic rings. The highest BCUT2D eigenvalue weighted by Gasteiger charge is 2.22. The van der Waals surface area contributed by atoms with E-state index in [1.165, 1.54) is 12.8 Å². The van der Waals surface area contributed by atoms with Gasteiger partial charge in [0.05, 0.1) is 5.56 Å². The highest BCUT2D eigenvalue weighted by Crippen LogP contribution is 2.30. The Kier molecular flexibility index (Phi) is 1.89. The van der Waals surface area contributed by atoms with Crippen LogP contribution < -0.4 is 0 Å². The minimum absolute atomic E-state index is 0.311. The highest BCUT2D eigenvalue weighted by atomic mass is 35.5. The standard InChI is InChI=1S/C8H9ClN2O/c9-8-7(5-12)4-11(10-8)3-6-1-2-6/h4-6H,1-3H2. The summed E-state index contributed by atoms with van der Waals surface area (Å²) >= 11 is 5.69. The van der Waals surface area contributed by atoms with E-state index in [-0.39, 0.29) is 0 Å². The van der Waals surface area contributed by atoms with Crippen molar-refractivity contribution in [2.24, 2.45) is 5.92 Å². The number of aldehydes is 1. The van der Waals surface area contributed by atoms with Crippen molar-refractivity contribution in [3.63, 3.8) is 0 Å². The van der Waals surface area contributed by atoms with E-state index in [0.29, 0.717) is 10.7 Å². The minimum Gasteiger partial charge on any atom is -0.298 e. The summed E-state index contributed by atoms with van der Waals surface area (Å²) in [6, 6.07) is 0. The molecule has 1 aliphatic carbocycles. The second-order valence-electron chi connectivity index (χ2n) is 3.16. The number of nitrogens with zero attached hydrogens (tertiary/aromatic N) is 2. The number of carbonyl (C=O) groups is 1. The molecular formula is C8H9ClN2O. The summed E-state index contributed by atoms with van der Waals surface area (Å²) in [6.07, 6.45) is 4.98. The molecule has 0 radical (unpaired) electrons. The zero-order valence-electron chi connectivity index (χ0n) is 6.53. The van der Waals surface area contributed by atoms with Crippen LogP contribution in [0, 0.1) is 5.92 Å². The molecule has 0 N–H and O–H groups in total. The van der Waals surface area contributed by atoms with Crippen LogP contribution in [0.15, 0.2) is 6.20 Å². The largest absolute Gasteiger partial charge is 0.298 e. The van der Waals surface area contributed by atoms with Crippen molar-refractivity contribution >= 4 is 17.9 Å². The maximum absolute atomic E-state index is 10.4. The van der Waals surface area contributed by atoms with Crippen LogP contribution in [0.25, 0.3) is 0 Å². The fourth-order valence-corrected chi connectivity index (χ4v) is 1.34.